The van der Waals surface area contributed by atoms with Gasteiger partial charge in [0.15, 0.2) is 5.69 Å². The summed E-state index contributed by atoms with van der Waals surface area (Å²) < 4.78 is 43.4. The smallest absolute Gasteiger partial charge is 0.434 e. The van der Waals surface area contributed by atoms with Crippen LogP contribution in [0.5, 0.6) is 0 Å². The molecule has 1 aliphatic rings. The van der Waals surface area contributed by atoms with Crippen LogP contribution in [0.2, 0.25) is 0 Å². The molecule has 2 rings (SSSR count). The van der Waals surface area contributed by atoms with Gasteiger partial charge < -0.3 is 15.0 Å². The first-order valence-electron chi connectivity index (χ1n) is 6.79. The van der Waals surface area contributed by atoms with E-state index in [1.807, 2.05) is 7.05 Å². The molecule has 0 radical (unpaired) electrons. The first-order chi connectivity index (χ1) is 10.3. The Morgan fingerprint density at radius 2 is 2.05 bits per heavy atom. The Labute approximate surface area is 125 Å². The zero-order valence-electron chi connectivity index (χ0n) is 12.3. The maximum atomic E-state index is 13.0. The van der Waals surface area contributed by atoms with Gasteiger partial charge in [-0.25, -0.2) is 14.8 Å². The average Bonchev–Trinajstić information content (AvgIpc) is 2.48. The summed E-state index contributed by atoms with van der Waals surface area (Å²) in [7, 11) is 2.99. The van der Waals surface area contributed by atoms with E-state index in [0.29, 0.717) is 0 Å². The fourth-order valence-corrected chi connectivity index (χ4v) is 2.26. The van der Waals surface area contributed by atoms with Crippen molar-refractivity contribution < 1.29 is 22.7 Å². The number of hydrogen-bond acceptors (Lipinski definition) is 6. The standard InChI is InChI=1S/C13H17F3N4O2/c1-20-5-3-8(4-6-20)18-12-17-7-9(11(21)22-2)10(19-12)13(14,15)16/h7-8H,3-6H2,1-2H3,(H,17,18,19). The largest absolute Gasteiger partial charge is 0.465 e. The Balaban J connectivity index is 2.21. The third-order valence-electron chi connectivity index (χ3n) is 3.51. The highest BCUT2D eigenvalue weighted by Crippen LogP contribution is 2.31. The van der Waals surface area contributed by atoms with Gasteiger partial charge in [-0.2, -0.15) is 13.2 Å². The number of halogens is 3. The molecule has 0 aromatic carbocycles. The van der Waals surface area contributed by atoms with Crippen molar-refractivity contribution in [2.24, 2.45) is 0 Å². The highest BCUT2D eigenvalue weighted by molar-refractivity contribution is 5.90. The van der Waals surface area contributed by atoms with E-state index in [9.17, 15) is 18.0 Å². The van der Waals surface area contributed by atoms with Crippen molar-refractivity contribution in [3.8, 4) is 0 Å². The van der Waals surface area contributed by atoms with E-state index in [0.717, 1.165) is 39.2 Å². The number of carbonyl (C=O) groups excluding carboxylic acids is 1. The van der Waals surface area contributed by atoms with Crippen LogP contribution in [0.1, 0.15) is 28.9 Å². The topological polar surface area (TPSA) is 67.3 Å². The molecular formula is C13H17F3N4O2. The highest BCUT2D eigenvalue weighted by atomic mass is 19.4. The van der Waals surface area contributed by atoms with E-state index in [-0.39, 0.29) is 12.0 Å². The third kappa shape index (κ3) is 3.85. The lowest BCUT2D eigenvalue weighted by atomic mass is 10.1. The van der Waals surface area contributed by atoms with Crippen molar-refractivity contribution in [3.63, 3.8) is 0 Å². The third-order valence-corrected chi connectivity index (χ3v) is 3.51. The van der Waals surface area contributed by atoms with Crippen LogP contribution in [0.15, 0.2) is 6.20 Å². The zero-order chi connectivity index (χ0) is 16.3. The Morgan fingerprint density at radius 1 is 1.41 bits per heavy atom. The second-order valence-electron chi connectivity index (χ2n) is 5.17. The molecule has 1 aromatic heterocycles. The Kier molecular flexibility index (Phi) is 4.84. The summed E-state index contributed by atoms with van der Waals surface area (Å²) in [5.41, 5.74) is -1.98. The molecule has 22 heavy (non-hydrogen) atoms. The van der Waals surface area contributed by atoms with Crippen LogP contribution in [0.3, 0.4) is 0 Å². The minimum atomic E-state index is -4.75. The van der Waals surface area contributed by atoms with Crippen LogP contribution >= 0.6 is 0 Å². The van der Waals surface area contributed by atoms with Crippen LogP contribution in [0.4, 0.5) is 19.1 Å². The second-order valence-corrected chi connectivity index (χ2v) is 5.17. The molecule has 1 aliphatic heterocycles. The van der Waals surface area contributed by atoms with Gasteiger partial charge in [0.25, 0.3) is 0 Å². The van der Waals surface area contributed by atoms with Crippen molar-refractivity contribution in [1.82, 2.24) is 14.9 Å². The molecule has 0 aliphatic carbocycles. The number of hydrogen-bond donors (Lipinski definition) is 1. The molecule has 0 bridgehead atoms. The average molecular weight is 318 g/mol. The minimum Gasteiger partial charge on any atom is -0.465 e. The number of likely N-dealkylation sites (tertiary alicyclic amines) is 1. The van der Waals surface area contributed by atoms with Crippen molar-refractivity contribution in [2.75, 3.05) is 32.6 Å². The summed E-state index contributed by atoms with van der Waals surface area (Å²) in [6, 6.07) is 0.0151. The SMILES string of the molecule is COC(=O)c1cnc(NC2CCN(C)CC2)nc1C(F)(F)F. The number of methoxy groups -OCH3 is 1. The summed E-state index contributed by atoms with van der Waals surface area (Å²) in [6.45, 7) is 1.70. The van der Waals surface area contributed by atoms with Gasteiger partial charge in [0, 0.05) is 12.2 Å². The van der Waals surface area contributed by atoms with Crippen LogP contribution in [0, 0.1) is 0 Å². The first kappa shape index (κ1) is 16.5. The van der Waals surface area contributed by atoms with Gasteiger partial charge in [-0.1, -0.05) is 0 Å². The Morgan fingerprint density at radius 3 is 2.59 bits per heavy atom. The number of nitrogens with zero attached hydrogens (tertiary/aromatic N) is 3. The lowest BCUT2D eigenvalue weighted by Crippen LogP contribution is -2.37. The number of rotatable bonds is 3. The van der Waals surface area contributed by atoms with Gasteiger partial charge in [-0.05, 0) is 33.0 Å². The number of carbonyl (C=O) groups is 1. The van der Waals surface area contributed by atoms with Crippen molar-refractivity contribution in [2.45, 2.75) is 25.1 Å². The fourth-order valence-electron chi connectivity index (χ4n) is 2.26. The zero-order valence-corrected chi connectivity index (χ0v) is 12.3. The Bertz CT molecular complexity index is 543. The highest BCUT2D eigenvalue weighted by Gasteiger charge is 2.38. The van der Waals surface area contributed by atoms with Crippen LogP contribution < -0.4 is 5.32 Å². The van der Waals surface area contributed by atoms with E-state index in [1.54, 1.807) is 0 Å². The quantitative estimate of drug-likeness (QED) is 0.857. The first-order valence-corrected chi connectivity index (χ1v) is 6.79. The van der Waals surface area contributed by atoms with Gasteiger partial charge in [0.05, 0.1) is 7.11 Å². The minimum absolute atomic E-state index is 0.0151. The summed E-state index contributed by atoms with van der Waals surface area (Å²) in [6.07, 6.45) is -2.32. The molecule has 1 fully saturated rings. The molecule has 9 heteroatoms. The molecule has 1 N–H and O–H groups in total. The second kappa shape index (κ2) is 6.47. The molecule has 0 spiro atoms. The monoisotopic (exact) mass is 318 g/mol. The molecule has 1 saturated heterocycles. The molecule has 0 unspecified atom stereocenters. The van der Waals surface area contributed by atoms with Crippen LogP contribution in [-0.4, -0.2) is 54.1 Å². The molecule has 2 heterocycles. The van der Waals surface area contributed by atoms with E-state index < -0.39 is 23.4 Å². The van der Waals surface area contributed by atoms with Gasteiger partial charge >= 0.3 is 12.1 Å². The molecular weight excluding hydrogens is 301 g/mol. The number of alkyl halides is 3. The van der Waals surface area contributed by atoms with Crippen LogP contribution in [0.25, 0.3) is 0 Å². The summed E-state index contributed by atoms with van der Waals surface area (Å²) in [5.74, 6) is -1.24. The van der Waals surface area contributed by atoms with Crippen molar-refractivity contribution in [1.29, 1.82) is 0 Å². The number of nitrogens with one attached hydrogen (secondary N) is 1. The van der Waals surface area contributed by atoms with E-state index in [4.69, 9.17) is 0 Å². The van der Waals surface area contributed by atoms with Gasteiger partial charge in [0.1, 0.15) is 5.56 Å². The molecule has 0 saturated carbocycles. The molecule has 122 valence electrons. The number of piperidine rings is 1. The summed E-state index contributed by atoms with van der Waals surface area (Å²) in [5, 5.41) is 2.90. The predicted molar refractivity (Wildman–Crippen MR) is 72.5 cm³/mol. The van der Waals surface area contributed by atoms with Crippen molar-refractivity contribution >= 4 is 11.9 Å². The number of aromatic nitrogens is 2. The Hall–Kier alpha value is -1.90. The molecule has 0 amide bonds. The van der Waals surface area contributed by atoms with E-state index >= 15 is 0 Å². The van der Waals surface area contributed by atoms with Gasteiger partial charge in [-0.15, -0.1) is 0 Å². The molecule has 6 nitrogen and oxygen atoms in total. The normalized spacial score (nSPS) is 17.3. The summed E-state index contributed by atoms with van der Waals surface area (Å²) >= 11 is 0. The van der Waals surface area contributed by atoms with E-state index in [1.165, 1.54) is 0 Å². The number of anilines is 1. The molecule has 0 atom stereocenters. The van der Waals surface area contributed by atoms with E-state index in [2.05, 4.69) is 24.9 Å². The number of ether oxygens (including phenoxy) is 1. The van der Waals surface area contributed by atoms with Crippen molar-refractivity contribution in [3.05, 3.63) is 17.5 Å². The van der Waals surface area contributed by atoms with Gasteiger partial charge in [0.2, 0.25) is 5.95 Å². The van der Waals surface area contributed by atoms with Gasteiger partial charge in [-0.3, -0.25) is 0 Å². The fraction of sp³-hybridized carbons (Fsp3) is 0.615. The predicted octanol–water partition coefficient (Wildman–Crippen LogP) is 1.79. The lowest BCUT2D eigenvalue weighted by Gasteiger charge is -2.29. The summed E-state index contributed by atoms with van der Waals surface area (Å²) in [4.78, 5) is 20.8. The number of esters is 1. The molecule has 1 aromatic rings. The lowest BCUT2D eigenvalue weighted by molar-refractivity contribution is -0.141. The maximum Gasteiger partial charge on any atom is 0.434 e. The maximum absolute atomic E-state index is 13.0. The van der Waals surface area contributed by atoms with Crippen LogP contribution in [-0.2, 0) is 10.9 Å².